The molecule has 0 spiro atoms. The quantitative estimate of drug-likeness (QED) is 0.891. The number of hydrogen-bond donors (Lipinski definition) is 1. The Labute approximate surface area is 152 Å². The molecule has 1 N–H and O–H groups in total. The summed E-state index contributed by atoms with van der Waals surface area (Å²) in [5.41, 5.74) is 1.30. The number of rotatable bonds is 2. The Kier molecular flexibility index (Phi) is 3.68. The van der Waals surface area contributed by atoms with Crippen LogP contribution in [0.5, 0.6) is 0 Å². The highest BCUT2D eigenvalue weighted by atomic mass is 16.3. The van der Waals surface area contributed by atoms with Gasteiger partial charge in [-0.3, -0.25) is 14.5 Å². The van der Waals surface area contributed by atoms with E-state index < -0.39 is 6.04 Å². The monoisotopic (exact) mass is 348 g/mol. The normalized spacial score (nSPS) is 21.9. The maximum absolute atomic E-state index is 13.1. The third-order valence-corrected chi connectivity index (χ3v) is 5.03. The number of ketones is 1. The van der Waals surface area contributed by atoms with Gasteiger partial charge in [-0.15, -0.1) is 0 Å². The molecule has 2 aliphatic rings. The minimum atomic E-state index is -0.641. The summed E-state index contributed by atoms with van der Waals surface area (Å²) in [4.78, 5) is 31.8. The Hall–Kier alpha value is -2.95. The summed E-state index contributed by atoms with van der Waals surface area (Å²) in [6.07, 6.45) is 2.37. The first-order valence-corrected chi connectivity index (χ1v) is 8.68. The lowest BCUT2D eigenvalue weighted by Gasteiger charge is -2.34. The van der Waals surface area contributed by atoms with Gasteiger partial charge < -0.3 is 5.11 Å². The van der Waals surface area contributed by atoms with Crippen molar-refractivity contribution in [1.29, 1.82) is 0 Å². The molecule has 132 valence electrons. The molecule has 0 saturated heterocycles. The zero-order valence-corrected chi connectivity index (χ0v) is 14.8. The number of carbonyl (C=O) groups excluding carboxylic acids is 2. The fourth-order valence-corrected chi connectivity index (χ4v) is 3.95. The molecule has 1 unspecified atom stereocenters. The number of aliphatic hydroxyl groups is 1. The SMILES string of the molecule is CC1(C)CC(=O)C(C2c3ccccc3C(=O)N2c2ccccn2)=C(O)C1. The topological polar surface area (TPSA) is 70.5 Å². The number of pyridine rings is 1. The third kappa shape index (κ3) is 2.51. The number of anilines is 1. The molecule has 1 amide bonds. The van der Waals surface area contributed by atoms with E-state index in [9.17, 15) is 14.7 Å². The summed E-state index contributed by atoms with van der Waals surface area (Å²) >= 11 is 0. The van der Waals surface area contributed by atoms with Gasteiger partial charge in [-0.1, -0.05) is 38.1 Å². The van der Waals surface area contributed by atoms with Crippen molar-refractivity contribution in [2.45, 2.75) is 32.7 Å². The lowest BCUT2D eigenvalue weighted by Crippen LogP contribution is -2.35. The average Bonchev–Trinajstić information content (AvgIpc) is 2.87. The van der Waals surface area contributed by atoms with Crippen LogP contribution >= 0.6 is 0 Å². The Balaban J connectivity index is 1.92. The number of hydrogen-bond acceptors (Lipinski definition) is 4. The molecular formula is C21H20N2O3. The van der Waals surface area contributed by atoms with Crippen LogP contribution in [-0.2, 0) is 4.79 Å². The molecular weight excluding hydrogens is 328 g/mol. The molecule has 5 nitrogen and oxygen atoms in total. The van der Waals surface area contributed by atoms with Crippen molar-refractivity contribution in [2.75, 3.05) is 4.90 Å². The van der Waals surface area contributed by atoms with Crippen LogP contribution in [0.3, 0.4) is 0 Å². The van der Waals surface area contributed by atoms with Gasteiger partial charge in [0.2, 0.25) is 0 Å². The largest absolute Gasteiger partial charge is 0.512 e. The van der Waals surface area contributed by atoms with Crippen LogP contribution < -0.4 is 4.90 Å². The molecule has 2 heterocycles. The first-order chi connectivity index (χ1) is 12.4. The van der Waals surface area contributed by atoms with Gasteiger partial charge in [0.1, 0.15) is 11.6 Å². The lowest BCUT2D eigenvalue weighted by molar-refractivity contribution is -0.118. The van der Waals surface area contributed by atoms with Crippen molar-refractivity contribution in [3.63, 3.8) is 0 Å². The summed E-state index contributed by atoms with van der Waals surface area (Å²) < 4.78 is 0. The van der Waals surface area contributed by atoms with Gasteiger partial charge in [0.15, 0.2) is 5.78 Å². The maximum atomic E-state index is 13.1. The van der Waals surface area contributed by atoms with Crippen molar-refractivity contribution in [1.82, 2.24) is 4.98 Å². The van der Waals surface area contributed by atoms with Crippen molar-refractivity contribution in [3.8, 4) is 0 Å². The third-order valence-electron chi connectivity index (χ3n) is 5.03. The van der Waals surface area contributed by atoms with E-state index in [1.54, 1.807) is 36.5 Å². The smallest absolute Gasteiger partial charge is 0.260 e. The van der Waals surface area contributed by atoms with Crippen molar-refractivity contribution in [2.24, 2.45) is 5.41 Å². The second-order valence-corrected chi connectivity index (χ2v) is 7.65. The molecule has 0 fully saturated rings. The molecule has 1 aliphatic carbocycles. The molecule has 1 aliphatic heterocycles. The van der Waals surface area contributed by atoms with Gasteiger partial charge >= 0.3 is 0 Å². The number of nitrogens with zero attached hydrogens (tertiary/aromatic N) is 2. The van der Waals surface area contributed by atoms with Gasteiger partial charge in [0, 0.05) is 24.6 Å². The Morgan fingerprint density at radius 1 is 1.08 bits per heavy atom. The number of amides is 1. The second-order valence-electron chi connectivity index (χ2n) is 7.65. The Morgan fingerprint density at radius 3 is 2.50 bits per heavy atom. The highest BCUT2D eigenvalue weighted by Crippen LogP contribution is 2.46. The molecule has 0 saturated carbocycles. The van der Waals surface area contributed by atoms with Crippen molar-refractivity contribution in [3.05, 3.63) is 71.1 Å². The lowest BCUT2D eigenvalue weighted by atomic mass is 9.74. The molecule has 5 heteroatoms. The summed E-state index contributed by atoms with van der Waals surface area (Å²) in [6.45, 7) is 3.92. The van der Waals surface area contributed by atoms with Crippen molar-refractivity contribution < 1.29 is 14.7 Å². The Morgan fingerprint density at radius 2 is 1.81 bits per heavy atom. The summed E-state index contributed by atoms with van der Waals surface area (Å²) in [7, 11) is 0. The first-order valence-electron chi connectivity index (χ1n) is 8.68. The van der Waals surface area contributed by atoms with Gasteiger partial charge in [-0.25, -0.2) is 4.98 Å². The maximum Gasteiger partial charge on any atom is 0.260 e. The van der Waals surface area contributed by atoms with Crippen molar-refractivity contribution >= 4 is 17.5 Å². The van der Waals surface area contributed by atoms with E-state index in [0.717, 1.165) is 5.56 Å². The number of benzene rings is 1. The number of fused-ring (bicyclic) bond motifs is 1. The molecule has 1 atom stereocenters. The fourth-order valence-electron chi connectivity index (χ4n) is 3.95. The minimum absolute atomic E-state index is 0.0710. The van der Waals surface area contributed by atoms with Crippen LogP contribution in [0.1, 0.15) is 48.7 Å². The first kappa shape index (κ1) is 16.5. The van der Waals surface area contributed by atoms with Gasteiger partial charge in [-0.05, 0) is 29.2 Å². The van der Waals surface area contributed by atoms with E-state index in [1.807, 2.05) is 26.0 Å². The van der Waals surface area contributed by atoms with Crippen LogP contribution in [-0.4, -0.2) is 21.8 Å². The standard InChI is InChI=1S/C21H20N2O3/c1-21(2)11-15(24)18(16(25)12-21)19-13-7-3-4-8-14(13)20(26)23(19)17-9-5-6-10-22-17/h3-10,19,24H,11-12H2,1-2H3. The summed E-state index contributed by atoms with van der Waals surface area (Å²) in [6, 6.07) is 11.9. The summed E-state index contributed by atoms with van der Waals surface area (Å²) in [5.74, 6) is 0.217. The van der Waals surface area contributed by atoms with Crippen LogP contribution in [0.15, 0.2) is 60.0 Å². The second kappa shape index (κ2) is 5.80. The van der Waals surface area contributed by atoms with Crippen LogP contribution in [0, 0.1) is 5.41 Å². The molecule has 1 aromatic carbocycles. The van der Waals surface area contributed by atoms with Gasteiger partial charge in [0.25, 0.3) is 5.91 Å². The van der Waals surface area contributed by atoms with Crippen LogP contribution in [0.4, 0.5) is 5.82 Å². The van der Waals surface area contributed by atoms with E-state index in [-0.39, 0.29) is 22.9 Å². The van der Waals surface area contributed by atoms with E-state index in [0.29, 0.717) is 29.8 Å². The zero-order valence-electron chi connectivity index (χ0n) is 14.8. The fraction of sp³-hybridized carbons (Fsp3) is 0.286. The Bertz CT molecular complexity index is 931. The van der Waals surface area contributed by atoms with E-state index >= 15 is 0 Å². The highest BCUT2D eigenvalue weighted by molar-refractivity contribution is 6.13. The molecule has 26 heavy (non-hydrogen) atoms. The predicted octanol–water partition coefficient (Wildman–Crippen LogP) is 3.98. The average molecular weight is 348 g/mol. The minimum Gasteiger partial charge on any atom is -0.512 e. The highest BCUT2D eigenvalue weighted by Gasteiger charge is 2.46. The number of carbonyl (C=O) groups is 2. The number of Topliss-reactive ketones (excluding diaryl/α,β-unsaturated/α-hetero) is 1. The number of aromatic nitrogens is 1. The number of aliphatic hydroxyl groups excluding tert-OH is 1. The molecule has 0 radical (unpaired) electrons. The molecule has 0 bridgehead atoms. The molecule has 2 aromatic rings. The molecule has 1 aromatic heterocycles. The van der Waals surface area contributed by atoms with Gasteiger partial charge in [0.05, 0.1) is 11.6 Å². The van der Waals surface area contributed by atoms with E-state index in [4.69, 9.17) is 0 Å². The van der Waals surface area contributed by atoms with Crippen LogP contribution in [0.25, 0.3) is 0 Å². The van der Waals surface area contributed by atoms with Gasteiger partial charge in [-0.2, -0.15) is 0 Å². The van der Waals surface area contributed by atoms with E-state index in [2.05, 4.69) is 4.98 Å². The van der Waals surface area contributed by atoms with E-state index in [1.165, 1.54) is 4.90 Å². The van der Waals surface area contributed by atoms with Crippen LogP contribution in [0.2, 0.25) is 0 Å². The zero-order chi connectivity index (χ0) is 18.5. The predicted molar refractivity (Wildman–Crippen MR) is 97.9 cm³/mol. The molecule has 4 rings (SSSR count). The summed E-state index contributed by atoms with van der Waals surface area (Å²) in [5, 5.41) is 10.7. The number of allylic oxidation sites excluding steroid dienone is 1.